The molecule has 0 spiro atoms. The zero-order valence-electron chi connectivity index (χ0n) is 8.44. The van der Waals surface area contributed by atoms with Gasteiger partial charge in [-0.15, -0.1) is 0 Å². The van der Waals surface area contributed by atoms with Crippen LogP contribution in [0.3, 0.4) is 0 Å². The third kappa shape index (κ3) is 2.87. The van der Waals surface area contributed by atoms with Crippen molar-refractivity contribution >= 4 is 23.5 Å². The van der Waals surface area contributed by atoms with Gasteiger partial charge in [0.2, 0.25) is 0 Å². The molecule has 6 heteroatoms. The van der Waals surface area contributed by atoms with E-state index in [9.17, 15) is 14.7 Å². The SMILES string of the molecule is C[C@H](OC(=O)c1ccc(Cl)cc1O)C(N)=O. The van der Waals surface area contributed by atoms with Crippen molar-refractivity contribution in [2.45, 2.75) is 13.0 Å². The van der Waals surface area contributed by atoms with E-state index in [1.807, 2.05) is 0 Å². The summed E-state index contributed by atoms with van der Waals surface area (Å²) in [5, 5.41) is 9.70. The highest BCUT2D eigenvalue weighted by Crippen LogP contribution is 2.22. The second kappa shape index (κ2) is 4.85. The summed E-state index contributed by atoms with van der Waals surface area (Å²) in [7, 11) is 0. The number of aromatic hydroxyl groups is 1. The number of halogens is 1. The zero-order chi connectivity index (χ0) is 12.3. The van der Waals surface area contributed by atoms with E-state index in [1.165, 1.54) is 25.1 Å². The zero-order valence-corrected chi connectivity index (χ0v) is 9.19. The Hall–Kier alpha value is -1.75. The van der Waals surface area contributed by atoms with E-state index in [-0.39, 0.29) is 16.3 Å². The predicted octanol–water partition coefficient (Wildman–Crippen LogP) is 1.08. The van der Waals surface area contributed by atoms with Crippen molar-refractivity contribution in [1.29, 1.82) is 0 Å². The molecule has 0 aliphatic carbocycles. The lowest BCUT2D eigenvalue weighted by Crippen LogP contribution is -2.30. The molecule has 86 valence electrons. The topological polar surface area (TPSA) is 89.6 Å². The molecule has 5 nitrogen and oxygen atoms in total. The molecule has 1 amide bonds. The van der Waals surface area contributed by atoms with E-state index in [2.05, 4.69) is 0 Å². The number of phenolic OH excluding ortho intramolecular Hbond substituents is 1. The number of primary amides is 1. The average Bonchev–Trinajstić information content (AvgIpc) is 2.16. The van der Waals surface area contributed by atoms with Crippen molar-refractivity contribution in [1.82, 2.24) is 0 Å². The first-order chi connectivity index (χ1) is 7.41. The van der Waals surface area contributed by atoms with Gasteiger partial charge in [-0.1, -0.05) is 11.6 Å². The van der Waals surface area contributed by atoms with Gasteiger partial charge >= 0.3 is 5.97 Å². The number of rotatable bonds is 3. The van der Waals surface area contributed by atoms with Crippen LogP contribution in [0.15, 0.2) is 18.2 Å². The summed E-state index contributed by atoms with van der Waals surface area (Å²) in [6.07, 6.45) is -1.05. The molecule has 1 atom stereocenters. The monoisotopic (exact) mass is 243 g/mol. The number of hydrogen-bond acceptors (Lipinski definition) is 4. The van der Waals surface area contributed by atoms with Crippen LogP contribution in [0.1, 0.15) is 17.3 Å². The number of phenols is 1. The molecule has 1 aromatic rings. The van der Waals surface area contributed by atoms with Crippen molar-refractivity contribution in [2.75, 3.05) is 0 Å². The molecular formula is C10H10ClNO4. The minimum Gasteiger partial charge on any atom is -0.507 e. The van der Waals surface area contributed by atoms with Gasteiger partial charge in [-0.25, -0.2) is 4.79 Å². The maximum Gasteiger partial charge on any atom is 0.342 e. The quantitative estimate of drug-likeness (QED) is 0.778. The van der Waals surface area contributed by atoms with Crippen LogP contribution in [0.5, 0.6) is 5.75 Å². The van der Waals surface area contributed by atoms with Crippen LogP contribution in [-0.4, -0.2) is 23.1 Å². The summed E-state index contributed by atoms with van der Waals surface area (Å²) in [6.45, 7) is 1.34. The van der Waals surface area contributed by atoms with Crippen molar-refractivity contribution in [3.63, 3.8) is 0 Å². The van der Waals surface area contributed by atoms with Gasteiger partial charge in [-0.3, -0.25) is 4.79 Å². The fourth-order valence-corrected chi connectivity index (χ4v) is 1.13. The Kier molecular flexibility index (Phi) is 3.73. The number of ether oxygens (including phenoxy) is 1. The molecule has 0 aromatic heterocycles. The summed E-state index contributed by atoms with van der Waals surface area (Å²) < 4.78 is 4.70. The highest BCUT2D eigenvalue weighted by molar-refractivity contribution is 6.30. The number of hydrogen-bond donors (Lipinski definition) is 2. The van der Waals surface area contributed by atoms with Crippen LogP contribution in [0, 0.1) is 0 Å². The van der Waals surface area contributed by atoms with Crippen LogP contribution in [0.2, 0.25) is 5.02 Å². The molecule has 0 saturated heterocycles. The van der Waals surface area contributed by atoms with Crippen LogP contribution >= 0.6 is 11.6 Å². The summed E-state index contributed by atoms with van der Waals surface area (Å²) in [4.78, 5) is 22.1. The Balaban J connectivity index is 2.85. The number of carbonyl (C=O) groups is 2. The van der Waals surface area contributed by atoms with Crippen molar-refractivity contribution in [2.24, 2.45) is 5.73 Å². The highest BCUT2D eigenvalue weighted by Gasteiger charge is 2.18. The third-order valence-electron chi connectivity index (χ3n) is 1.86. The molecule has 0 radical (unpaired) electrons. The first-order valence-corrected chi connectivity index (χ1v) is 4.78. The van der Waals surface area contributed by atoms with Gasteiger partial charge in [0.25, 0.3) is 5.91 Å². The summed E-state index contributed by atoms with van der Waals surface area (Å²) in [5.74, 6) is -1.91. The maximum absolute atomic E-state index is 11.5. The first kappa shape index (κ1) is 12.3. The Morgan fingerprint density at radius 3 is 2.62 bits per heavy atom. The molecule has 3 N–H and O–H groups in total. The van der Waals surface area contributed by atoms with Gasteiger partial charge in [0, 0.05) is 5.02 Å². The Morgan fingerprint density at radius 2 is 2.12 bits per heavy atom. The second-order valence-corrected chi connectivity index (χ2v) is 3.55. The molecule has 0 aliphatic heterocycles. The lowest BCUT2D eigenvalue weighted by atomic mass is 10.2. The van der Waals surface area contributed by atoms with E-state index in [1.54, 1.807) is 0 Å². The van der Waals surface area contributed by atoms with Gasteiger partial charge in [-0.05, 0) is 25.1 Å². The second-order valence-electron chi connectivity index (χ2n) is 3.11. The van der Waals surface area contributed by atoms with Crippen LogP contribution in [-0.2, 0) is 9.53 Å². The van der Waals surface area contributed by atoms with E-state index in [0.29, 0.717) is 0 Å². The lowest BCUT2D eigenvalue weighted by Gasteiger charge is -2.10. The van der Waals surface area contributed by atoms with Gasteiger partial charge in [0.15, 0.2) is 6.10 Å². The molecule has 0 saturated carbocycles. The highest BCUT2D eigenvalue weighted by atomic mass is 35.5. The largest absolute Gasteiger partial charge is 0.507 e. The Labute approximate surface area is 96.8 Å². The smallest absolute Gasteiger partial charge is 0.342 e. The summed E-state index contributed by atoms with van der Waals surface area (Å²) in [6, 6.07) is 3.92. The van der Waals surface area contributed by atoms with Gasteiger partial charge < -0.3 is 15.6 Å². The number of esters is 1. The number of amides is 1. The Bertz CT molecular complexity index is 433. The van der Waals surface area contributed by atoms with Crippen molar-refractivity contribution in [3.8, 4) is 5.75 Å². The molecule has 0 fully saturated rings. The van der Waals surface area contributed by atoms with E-state index in [4.69, 9.17) is 22.1 Å². The van der Waals surface area contributed by atoms with E-state index < -0.39 is 18.0 Å². The fraction of sp³-hybridized carbons (Fsp3) is 0.200. The van der Waals surface area contributed by atoms with Gasteiger partial charge in [-0.2, -0.15) is 0 Å². The summed E-state index contributed by atoms with van der Waals surface area (Å²) >= 11 is 5.59. The molecular weight excluding hydrogens is 234 g/mol. The van der Waals surface area contributed by atoms with Crippen molar-refractivity contribution in [3.05, 3.63) is 28.8 Å². The lowest BCUT2D eigenvalue weighted by molar-refractivity contribution is -0.125. The predicted molar refractivity (Wildman–Crippen MR) is 57.2 cm³/mol. The minimum absolute atomic E-state index is 0.0718. The van der Waals surface area contributed by atoms with E-state index in [0.717, 1.165) is 0 Å². The minimum atomic E-state index is -1.05. The van der Waals surface area contributed by atoms with Crippen molar-refractivity contribution < 1.29 is 19.4 Å². The Morgan fingerprint density at radius 1 is 1.50 bits per heavy atom. The first-order valence-electron chi connectivity index (χ1n) is 4.40. The summed E-state index contributed by atoms with van der Waals surface area (Å²) in [5.41, 5.74) is 4.85. The normalized spacial score (nSPS) is 11.9. The molecule has 16 heavy (non-hydrogen) atoms. The molecule has 1 rings (SSSR count). The van der Waals surface area contributed by atoms with Gasteiger partial charge in [0.05, 0.1) is 0 Å². The van der Waals surface area contributed by atoms with Crippen LogP contribution < -0.4 is 5.73 Å². The van der Waals surface area contributed by atoms with Crippen LogP contribution in [0.4, 0.5) is 0 Å². The molecule has 0 unspecified atom stereocenters. The number of nitrogens with two attached hydrogens (primary N) is 1. The standard InChI is InChI=1S/C10H10ClNO4/c1-5(9(12)14)16-10(15)7-3-2-6(11)4-8(7)13/h2-5,13H,1H3,(H2,12,14)/t5-/m0/s1. The molecule has 1 aromatic carbocycles. The van der Waals surface area contributed by atoms with Crippen LogP contribution in [0.25, 0.3) is 0 Å². The molecule has 0 aliphatic rings. The molecule has 0 heterocycles. The number of carbonyl (C=O) groups excluding carboxylic acids is 2. The van der Waals surface area contributed by atoms with E-state index >= 15 is 0 Å². The number of benzene rings is 1. The molecule has 0 bridgehead atoms. The third-order valence-corrected chi connectivity index (χ3v) is 2.10. The average molecular weight is 244 g/mol. The fourth-order valence-electron chi connectivity index (χ4n) is 0.960. The van der Waals surface area contributed by atoms with Gasteiger partial charge in [0.1, 0.15) is 11.3 Å². The maximum atomic E-state index is 11.5.